The Morgan fingerprint density at radius 2 is 2.24 bits per heavy atom. The minimum atomic E-state index is -0.0757. The Morgan fingerprint density at radius 3 is 2.94 bits per heavy atom. The SMILES string of the molecule is CO[C@@H]1CNCC1NC(=O)c1ccccc1Br. The predicted octanol–water partition coefficient (Wildman–Crippen LogP) is 1.17. The molecule has 92 valence electrons. The second-order valence-corrected chi connectivity index (χ2v) is 4.85. The molecule has 0 bridgehead atoms. The van der Waals surface area contributed by atoms with Gasteiger partial charge in [-0.3, -0.25) is 4.79 Å². The number of hydrogen-bond acceptors (Lipinski definition) is 3. The fourth-order valence-electron chi connectivity index (χ4n) is 1.94. The van der Waals surface area contributed by atoms with Crippen LogP contribution in [0.25, 0.3) is 0 Å². The molecule has 1 aliphatic heterocycles. The molecule has 1 heterocycles. The summed E-state index contributed by atoms with van der Waals surface area (Å²) in [5.41, 5.74) is 0.647. The van der Waals surface area contributed by atoms with E-state index >= 15 is 0 Å². The number of benzene rings is 1. The van der Waals surface area contributed by atoms with E-state index in [0.717, 1.165) is 17.6 Å². The molecule has 0 saturated carbocycles. The van der Waals surface area contributed by atoms with Crippen molar-refractivity contribution in [3.8, 4) is 0 Å². The lowest BCUT2D eigenvalue weighted by Crippen LogP contribution is -2.43. The summed E-state index contributed by atoms with van der Waals surface area (Å²) in [6.07, 6.45) is 0.0430. The summed E-state index contributed by atoms with van der Waals surface area (Å²) >= 11 is 3.37. The number of nitrogens with one attached hydrogen (secondary N) is 2. The van der Waals surface area contributed by atoms with Crippen molar-refractivity contribution in [2.24, 2.45) is 0 Å². The van der Waals surface area contributed by atoms with Gasteiger partial charge in [-0.2, -0.15) is 0 Å². The maximum Gasteiger partial charge on any atom is 0.252 e. The van der Waals surface area contributed by atoms with Gasteiger partial charge >= 0.3 is 0 Å². The summed E-state index contributed by atoms with van der Waals surface area (Å²) < 4.78 is 6.10. The highest BCUT2D eigenvalue weighted by molar-refractivity contribution is 9.10. The largest absolute Gasteiger partial charge is 0.378 e. The molecule has 5 heteroatoms. The van der Waals surface area contributed by atoms with E-state index in [-0.39, 0.29) is 18.1 Å². The van der Waals surface area contributed by atoms with E-state index in [1.165, 1.54) is 0 Å². The molecule has 17 heavy (non-hydrogen) atoms. The average molecular weight is 299 g/mol. The van der Waals surface area contributed by atoms with Crippen molar-refractivity contribution in [3.63, 3.8) is 0 Å². The topological polar surface area (TPSA) is 50.4 Å². The van der Waals surface area contributed by atoms with Crippen molar-refractivity contribution in [2.75, 3.05) is 20.2 Å². The Hall–Kier alpha value is -0.910. The quantitative estimate of drug-likeness (QED) is 0.881. The van der Waals surface area contributed by atoms with E-state index in [0.29, 0.717) is 5.56 Å². The lowest BCUT2D eigenvalue weighted by Gasteiger charge is -2.18. The average Bonchev–Trinajstić information content (AvgIpc) is 2.76. The Morgan fingerprint density at radius 1 is 1.47 bits per heavy atom. The van der Waals surface area contributed by atoms with Crippen LogP contribution >= 0.6 is 15.9 Å². The molecule has 4 nitrogen and oxygen atoms in total. The van der Waals surface area contributed by atoms with Crippen LogP contribution in [0, 0.1) is 0 Å². The Labute approximate surface area is 109 Å². The maximum atomic E-state index is 12.1. The van der Waals surface area contributed by atoms with Crippen LogP contribution in [-0.2, 0) is 4.74 Å². The first kappa shape index (κ1) is 12.5. The predicted molar refractivity (Wildman–Crippen MR) is 69.1 cm³/mol. The smallest absolute Gasteiger partial charge is 0.252 e. The standard InChI is InChI=1S/C12H15BrN2O2/c1-17-11-7-14-6-10(11)15-12(16)8-4-2-3-5-9(8)13/h2-5,10-11,14H,6-7H2,1H3,(H,15,16)/t10?,11-/m1/s1. The van der Waals surface area contributed by atoms with E-state index in [1.54, 1.807) is 13.2 Å². The fraction of sp³-hybridized carbons (Fsp3) is 0.417. The molecule has 1 fully saturated rings. The van der Waals surface area contributed by atoms with Gasteiger partial charge in [-0.1, -0.05) is 12.1 Å². The second-order valence-electron chi connectivity index (χ2n) is 3.99. The van der Waals surface area contributed by atoms with Crippen LogP contribution in [0.2, 0.25) is 0 Å². The summed E-state index contributed by atoms with van der Waals surface area (Å²) in [6, 6.07) is 7.41. The van der Waals surface area contributed by atoms with Gasteiger partial charge in [0.1, 0.15) is 0 Å². The lowest BCUT2D eigenvalue weighted by molar-refractivity contribution is 0.0779. The number of rotatable bonds is 3. The highest BCUT2D eigenvalue weighted by Crippen LogP contribution is 2.16. The molecule has 1 amide bonds. The van der Waals surface area contributed by atoms with E-state index < -0.39 is 0 Å². The van der Waals surface area contributed by atoms with Crippen molar-refractivity contribution >= 4 is 21.8 Å². The first-order chi connectivity index (χ1) is 8.22. The van der Waals surface area contributed by atoms with E-state index in [2.05, 4.69) is 26.6 Å². The number of amides is 1. The zero-order chi connectivity index (χ0) is 12.3. The van der Waals surface area contributed by atoms with Gasteiger partial charge in [0.05, 0.1) is 17.7 Å². The number of halogens is 1. The first-order valence-corrected chi connectivity index (χ1v) is 6.30. The number of carbonyl (C=O) groups excluding carboxylic acids is 1. The number of carbonyl (C=O) groups is 1. The molecule has 1 aromatic carbocycles. The second kappa shape index (κ2) is 5.62. The Bertz CT molecular complexity index is 411. The summed E-state index contributed by atoms with van der Waals surface area (Å²) in [5, 5.41) is 6.17. The van der Waals surface area contributed by atoms with Gasteiger partial charge in [-0.25, -0.2) is 0 Å². The molecule has 0 aliphatic carbocycles. The van der Waals surface area contributed by atoms with Crippen LogP contribution in [0.4, 0.5) is 0 Å². The van der Waals surface area contributed by atoms with Crippen molar-refractivity contribution in [1.82, 2.24) is 10.6 Å². The lowest BCUT2D eigenvalue weighted by atomic mass is 10.1. The molecule has 0 aromatic heterocycles. The van der Waals surface area contributed by atoms with Crippen molar-refractivity contribution in [1.29, 1.82) is 0 Å². The van der Waals surface area contributed by atoms with Gasteiger partial charge in [0.15, 0.2) is 0 Å². The minimum absolute atomic E-state index is 0.0274. The van der Waals surface area contributed by atoms with E-state index in [1.807, 2.05) is 18.2 Å². The van der Waals surface area contributed by atoms with Crippen molar-refractivity contribution in [3.05, 3.63) is 34.3 Å². The molecule has 1 aliphatic rings. The molecule has 2 atom stereocenters. The van der Waals surface area contributed by atoms with Crippen LogP contribution in [-0.4, -0.2) is 38.3 Å². The molecule has 2 N–H and O–H groups in total. The van der Waals surface area contributed by atoms with Gasteiger partial charge in [-0.15, -0.1) is 0 Å². The molecule has 0 spiro atoms. The summed E-state index contributed by atoms with van der Waals surface area (Å²) in [6.45, 7) is 1.52. The van der Waals surface area contributed by atoms with Gasteiger partial charge in [0.25, 0.3) is 5.91 Å². The zero-order valence-corrected chi connectivity index (χ0v) is 11.2. The third kappa shape index (κ3) is 2.86. The minimum Gasteiger partial charge on any atom is -0.378 e. The molecule has 2 rings (SSSR count). The molecule has 0 radical (unpaired) electrons. The third-order valence-electron chi connectivity index (χ3n) is 2.90. The monoisotopic (exact) mass is 298 g/mol. The molecular weight excluding hydrogens is 284 g/mol. The van der Waals surface area contributed by atoms with Gasteiger partial charge in [0.2, 0.25) is 0 Å². The Balaban J connectivity index is 2.04. The molecule has 1 saturated heterocycles. The third-order valence-corrected chi connectivity index (χ3v) is 3.59. The van der Waals surface area contributed by atoms with Crippen LogP contribution < -0.4 is 10.6 Å². The van der Waals surface area contributed by atoms with Crippen molar-refractivity contribution in [2.45, 2.75) is 12.1 Å². The first-order valence-electron chi connectivity index (χ1n) is 5.51. The highest BCUT2D eigenvalue weighted by Gasteiger charge is 2.28. The molecule has 1 unspecified atom stereocenters. The van der Waals surface area contributed by atoms with Crippen LogP contribution in [0.1, 0.15) is 10.4 Å². The Kier molecular flexibility index (Phi) is 4.15. The number of ether oxygens (including phenoxy) is 1. The molecular formula is C12H15BrN2O2. The van der Waals surface area contributed by atoms with Gasteiger partial charge in [0, 0.05) is 24.7 Å². The van der Waals surface area contributed by atoms with E-state index in [9.17, 15) is 4.79 Å². The van der Waals surface area contributed by atoms with Crippen LogP contribution in [0.3, 0.4) is 0 Å². The van der Waals surface area contributed by atoms with Gasteiger partial charge in [-0.05, 0) is 28.1 Å². The van der Waals surface area contributed by atoms with Crippen LogP contribution in [0.5, 0.6) is 0 Å². The maximum absolute atomic E-state index is 12.1. The number of hydrogen-bond donors (Lipinski definition) is 2. The summed E-state index contributed by atoms with van der Waals surface area (Å²) in [7, 11) is 1.66. The normalized spacial score (nSPS) is 23.6. The van der Waals surface area contributed by atoms with E-state index in [4.69, 9.17) is 4.74 Å². The van der Waals surface area contributed by atoms with Crippen molar-refractivity contribution < 1.29 is 9.53 Å². The fourth-order valence-corrected chi connectivity index (χ4v) is 2.40. The van der Waals surface area contributed by atoms with Crippen LogP contribution in [0.15, 0.2) is 28.7 Å². The number of methoxy groups -OCH3 is 1. The zero-order valence-electron chi connectivity index (χ0n) is 9.57. The molecule has 1 aromatic rings. The highest BCUT2D eigenvalue weighted by atomic mass is 79.9. The summed E-state index contributed by atoms with van der Waals surface area (Å²) in [5.74, 6) is -0.0757. The van der Waals surface area contributed by atoms with Gasteiger partial charge < -0.3 is 15.4 Å². The summed E-state index contributed by atoms with van der Waals surface area (Å²) in [4.78, 5) is 12.1.